The fraction of sp³-hybridized carbons (Fsp3) is 0.861. The number of hydrogen-bond donors (Lipinski definition) is 6. The van der Waals surface area contributed by atoms with Gasteiger partial charge < -0.3 is 45.1 Å². The van der Waals surface area contributed by atoms with E-state index in [0.29, 0.717) is 19.4 Å². The van der Waals surface area contributed by atoms with E-state index in [9.17, 15) is 35.1 Å². The van der Waals surface area contributed by atoms with E-state index in [2.05, 4.69) is 55.6 Å². The highest BCUT2D eigenvalue weighted by molar-refractivity contribution is 5.76. The van der Waals surface area contributed by atoms with Gasteiger partial charge in [0, 0.05) is 12.8 Å². The summed E-state index contributed by atoms with van der Waals surface area (Å²) < 4.78 is 16.7. The maximum atomic E-state index is 13.0. The first kappa shape index (κ1) is 78.6. The standard InChI is InChI=1S/C72H133NO10/c1-3-5-7-9-11-13-14-15-16-17-31-34-37-40-44-48-52-56-60-68(77)81-61-57-53-49-45-41-38-35-32-29-27-25-23-21-19-18-20-22-24-26-28-30-33-36-39-43-47-51-55-59-67(76)73-64(65(75)58-54-50-46-42-12-10-8-6-4-2)63-82-72-71(80)70(79)69(78)66(62-74)83-72/h13-14,16-19,54,58,64-66,69-72,74-75,78-80H,3-12,15,20-53,55-57,59-63H2,1-2H3,(H,73,76)/b14-13-,17-16-,19-18-,58-54+. The van der Waals surface area contributed by atoms with E-state index in [-0.39, 0.29) is 18.5 Å². The number of allylic oxidation sites excluding steroid dienone is 7. The summed E-state index contributed by atoms with van der Waals surface area (Å²) in [6.07, 6.45) is 69.7. The van der Waals surface area contributed by atoms with Gasteiger partial charge >= 0.3 is 5.97 Å². The van der Waals surface area contributed by atoms with Gasteiger partial charge in [-0.3, -0.25) is 9.59 Å². The van der Waals surface area contributed by atoms with Crippen LogP contribution < -0.4 is 5.32 Å². The Morgan fingerprint density at radius 3 is 1.24 bits per heavy atom. The normalized spacial score (nSPS) is 18.4. The van der Waals surface area contributed by atoms with Crippen molar-refractivity contribution in [2.75, 3.05) is 19.8 Å². The molecule has 11 heteroatoms. The molecule has 6 N–H and O–H groups in total. The quantitative estimate of drug-likeness (QED) is 0.0195. The first-order valence-electron chi connectivity index (χ1n) is 35.4. The minimum atomic E-state index is -1.57. The molecule has 486 valence electrons. The summed E-state index contributed by atoms with van der Waals surface area (Å²) in [5, 5.41) is 54.3. The second kappa shape index (κ2) is 61.3. The number of esters is 1. The van der Waals surface area contributed by atoms with Gasteiger partial charge in [0.2, 0.25) is 5.91 Å². The third kappa shape index (κ3) is 50.3. The van der Waals surface area contributed by atoms with Crippen LogP contribution in [-0.2, 0) is 23.8 Å². The van der Waals surface area contributed by atoms with Gasteiger partial charge in [0.25, 0.3) is 0 Å². The van der Waals surface area contributed by atoms with E-state index in [4.69, 9.17) is 14.2 Å². The lowest BCUT2D eigenvalue weighted by atomic mass is 9.99. The molecular formula is C72H133NO10. The monoisotopic (exact) mass is 1170 g/mol. The molecule has 1 saturated heterocycles. The van der Waals surface area contributed by atoms with Crippen LogP contribution in [0.2, 0.25) is 0 Å². The number of hydrogen-bond acceptors (Lipinski definition) is 10. The van der Waals surface area contributed by atoms with Crippen LogP contribution in [0.4, 0.5) is 0 Å². The Bertz CT molecular complexity index is 1520. The SMILES string of the molecule is CCCCCC/C=C\C/C=C\CCCCCCCCCC(=O)OCCCCCCCCCCCCCC/C=C\CCCCCCCCCCCCCCC(=O)NC(COC1OC(CO)C(O)C(O)C1O)C(O)/C=C/CCCCCCCCC. The average molecular weight is 1170 g/mol. The summed E-state index contributed by atoms with van der Waals surface area (Å²) in [6.45, 7) is 4.32. The number of ether oxygens (including phenoxy) is 3. The first-order valence-corrected chi connectivity index (χ1v) is 35.4. The van der Waals surface area contributed by atoms with E-state index in [0.717, 1.165) is 64.2 Å². The van der Waals surface area contributed by atoms with Gasteiger partial charge in [-0.2, -0.15) is 0 Å². The van der Waals surface area contributed by atoms with Crippen molar-refractivity contribution in [1.29, 1.82) is 0 Å². The zero-order valence-corrected chi connectivity index (χ0v) is 53.9. The summed E-state index contributed by atoms with van der Waals surface area (Å²) >= 11 is 0. The number of aliphatic hydroxyl groups is 5. The summed E-state index contributed by atoms with van der Waals surface area (Å²) in [5.41, 5.74) is 0. The molecule has 7 unspecified atom stereocenters. The number of rotatable bonds is 62. The van der Waals surface area contributed by atoms with E-state index in [1.165, 1.54) is 244 Å². The lowest BCUT2D eigenvalue weighted by Gasteiger charge is -2.40. The van der Waals surface area contributed by atoms with Crippen LogP contribution in [0.25, 0.3) is 0 Å². The average Bonchev–Trinajstić information content (AvgIpc) is 3.57. The molecule has 1 aliphatic heterocycles. The van der Waals surface area contributed by atoms with E-state index < -0.39 is 49.5 Å². The Labute approximate surface area is 510 Å². The lowest BCUT2D eigenvalue weighted by Crippen LogP contribution is -2.60. The molecule has 0 aromatic carbocycles. The summed E-state index contributed by atoms with van der Waals surface area (Å²) in [7, 11) is 0. The molecule has 1 fully saturated rings. The summed E-state index contributed by atoms with van der Waals surface area (Å²) in [6, 6.07) is -0.809. The van der Waals surface area contributed by atoms with Crippen LogP contribution in [-0.4, -0.2) is 100 Å². The van der Waals surface area contributed by atoms with Crippen LogP contribution in [0.5, 0.6) is 0 Å². The number of aliphatic hydroxyl groups excluding tert-OH is 5. The van der Waals surface area contributed by atoms with Crippen molar-refractivity contribution in [2.45, 2.75) is 378 Å². The van der Waals surface area contributed by atoms with E-state index in [1.54, 1.807) is 6.08 Å². The minimum absolute atomic E-state index is 0.000654. The minimum Gasteiger partial charge on any atom is -0.466 e. The van der Waals surface area contributed by atoms with Gasteiger partial charge in [0.1, 0.15) is 24.4 Å². The molecule has 1 rings (SSSR count). The second-order valence-electron chi connectivity index (χ2n) is 24.6. The maximum absolute atomic E-state index is 13.0. The van der Waals surface area contributed by atoms with Gasteiger partial charge in [0.15, 0.2) is 6.29 Å². The van der Waals surface area contributed by atoms with Gasteiger partial charge in [-0.05, 0) is 89.9 Å². The van der Waals surface area contributed by atoms with E-state index >= 15 is 0 Å². The van der Waals surface area contributed by atoms with Crippen molar-refractivity contribution in [3.63, 3.8) is 0 Å². The second-order valence-corrected chi connectivity index (χ2v) is 24.6. The molecule has 0 radical (unpaired) electrons. The van der Waals surface area contributed by atoms with Crippen molar-refractivity contribution < 1.29 is 49.3 Å². The molecule has 1 amide bonds. The molecule has 0 saturated carbocycles. The van der Waals surface area contributed by atoms with Crippen LogP contribution >= 0.6 is 0 Å². The highest BCUT2D eigenvalue weighted by Crippen LogP contribution is 2.23. The van der Waals surface area contributed by atoms with Gasteiger partial charge in [-0.25, -0.2) is 0 Å². The zero-order chi connectivity index (χ0) is 60.2. The highest BCUT2D eigenvalue weighted by atomic mass is 16.7. The third-order valence-electron chi connectivity index (χ3n) is 16.7. The lowest BCUT2D eigenvalue weighted by molar-refractivity contribution is -0.302. The number of nitrogens with one attached hydrogen (secondary N) is 1. The third-order valence-corrected chi connectivity index (χ3v) is 16.7. The Morgan fingerprint density at radius 1 is 0.446 bits per heavy atom. The van der Waals surface area contributed by atoms with Crippen molar-refractivity contribution in [3.05, 3.63) is 48.6 Å². The number of amides is 1. The molecular weight excluding hydrogens is 1040 g/mol. The molecule has 0 aromatic rings. The molecule has 1 aliphatic rings. The maximum Gasteiger partial charge on any atom is 0.305 e. The molecule has 7 atom stereocenters. The predicted molar refractivity (Wildman–Crippen MR) is 347 cm³/mol. The van der Waals surface area contributed by atoms with Gasteiger partial charge in [-0.1, -0.05) is 281 Å². The molecule has 0 bridgehead atoms. The molecule has 83 heavy (non-hydrogen) atoms. The number of unbranched alkanes of at least 4 members (excludes halogenated alkanes) is 42. The Balaban J connectivity index is 1.91. The number of carbonyl (C=O) groups excluding carboxylic acids is 2. The first-order chi connectivity index (χ1) is 40.7. The van der Waals surface area contributed by atoms with Crippen LogP contribution in [0.15, 0.2) is 48.6 Å². The van der Waals surface area contributed by atoms with Crippen LogP contribution in [0.3, 0.4) is 0 Å². The molecule has 0 aliphatic carbocycles. The van der Waals surface area contributed by atoms with Gasteiger partial charge in [0.05, 0.1) is 32.0 Å². The fourth-order valence-electron chi connectivity index (χ4n) is 11.0. The molecule has 0 aromatic heterocycles. The largest absolute Gasteiger partial charge is 0.466 e. The van der Waals surface area contributed by atoms with Crippen molar-refractivity contribution in [3.8, 4) is 0 Å². The van der Waals surface area contributed by atoms with Crippen molar-refractivity contribution >= 4 is 11.9 Å². The van der Waals surface area contributed by atoms with E-state index in [1.807, 2.05) is 6.08 Å². The molecule has 1 heterocycles. The molecule has 0 spiro atoms. The van der Waals surface area contributed by atoms with Crippen molar-refractivity contribution in [2.24, 2.45) is 0 Å². The highest BCUT2D eigenvalue weighted by Gasteiger charge is 2.44. The van der Waals surface area contributed by atoms with Crippen LogP contribution in [0, 0.1) is 0 Å². The fourth-order valence-corrected chi connectivity index (χ4v) is 11.0. The topological polar surface area (TPSA) is 175 Å². The predicted octanol–water partition coefficient (Wildman–Crippen LogP) is 18.0. The Hall–Kier alpha value is -2.38. The van der Waals surface area contributed by atoms with Crippen molar-refractivity contribution in [1.82, 2.24) is 5.32 Å². The molecule has 11 nitrogen and oxygen atoms in total. The Morgan fingerprint density at radius 2 is 0.807 bits per heavy atom. The Kier molecular flexibility index (Phi) is 58.0. The summed E-state index contributed by atoms with van der Waals surface area (Å²) in [4.78, 5) is 25.1. The summed E-state index contributed by atoms with van der Waals surface area (Å²) in [5.74, 6) is -0.184. The van der Waals surface area contributed by atoms with Crippen LogP contribution in [0.1, 0.15) is 335 Å². The zero-order valence-electron chi connectivity index (χ0n) is 53.9. The number of carbonyl (C=O) groups is 2. The van der Waals surface area contributed by atoms with Gasteiger partial charge in [-0.15, -0.1) is 0 Å². The smallest absolute Gasteiger partial charge is 0.305 e.